The first kappa shape index (κ1) is 13.9. The molecule has 0 N–H and O–H groups in total. The number of halogens is 3. The number of alkyl halides is 3. The minimum Gasteiger partial charge on any atom is -0.465 e. The van der Waals surface area contributed by atoms with Crippen LogP contribution in [-0.4, -0.2) is 12.6 Å². The summed E-state index contributed by atoms with van der Waals surface area (Å²) in [4.78, 5) is 12.0. The molecule has 0 bridgehead atoms. The SMILES string of the molecule is CCOC(=O)C1(c2cccc(C(F)(F)F)c2)CCC1. The van der Waals surface area contributed by atoms with Gasteiger partial charge in [0, 0.05) is 0 Å². The second-order valence-electron chi connectivity index (χ2n) is 4.73. The van der Waals surface area contributed by atoms with Crippen molar-refractivity contribution in [2.45, 2.75) is 37.8 Å². The van der Waals surface area contributed by atoms with Crippen LogP contribution in [0.3, 0.4) is 0 Å². The first-order valence-electron chi connectivity index (χ1n) is 6.25. The predicted molar refractivity (Wildman–Crippen MR) is 63.6 cm³/mol. The molecule has 1 saturated carbocycles. The number of benzene rings is 1. The number of hydrogen-bond donors (Lipinski definition) is 0. The third-order valence-corrected chi connectivity index (χ3v) is 3.62. The van der Waals surface area contributed by atoms with Gasteiger partial charge in [-0.05, 0) is 31.4 Å². The average molecular weight is 272 g/mol. The second kappa shape index (κ2) is 4.87. The topological polar surface area (TPSA) is 26.3 Å². The van der Waals surface area contributed by atoms with Crippen molar-refractivity contribution in [2.75, 3.05) is 6.61 Å². The van der Waals surface area contributed by atoms with Gasteiger partial charge in [-0.15, -0.1) is 0 Å². The summed E-state index contributed by atoms with van der Waals surface area (Å²) in [5.41, 5.74) is -1.19. The van der Waals surface area contributed by atoms with E-state index in [9.17, 15) is 18.0 Å². The number of esters is 1. The van der Waals surface area contributed by atoms with Crippen molar-refractivity contribution in [3.8, 4) is 0 Å². The lowest BCUT2D eigenvalue weighted by atomic mass is 9.64. The second-order valence-corrected chi connectivity index (χ2v) is 4.73. The molecule has 0 aromatic heterocycles. The van der Waals surface area contributed by atoms with Crippen LogP contribution in [0.25, 0.3) is 0 Å². The number of rotatable bonds is 3. The Morgan fingerprint density at radius 3 is 2.53 bits per heavy atom. The predicted octanol–water partition coefficient (Wildman–Crippen LogP) is 3.69. The van der Waals surface area contributed by atoms with Crippen LogP contribution in [0.2, 0.25) is 0 Å². The van der Waals surface area contributed by atoms with Gasteiger partial charge in [-0.25, -0.2) is 0 Å². The zero-order chi connectivity index (χ0) is 14.1. The summed E-state index contributed by atoms with van der Waals surface area (Å²) in [6.07, 6.45) is -2.47. The van der Waals surface area contributed by atoms with Crippen molar-refractivity contribution >= 4 is 5.97 Å². The standard InChI is InChI=1S/C14H15F3O2/c1-2-19-12(18)13(7-4-8-13)10-5-3-6-11(9-10)14(15,16)17/h3,5-6,9H,2,4,7-8H2,1H3. The highest BCUT2D eigenvalue weighted by Crippen LogP contribution is 2.45. The molecule has 0 aliphatic heterocycles. The maximum atomic E-state index is 12.7. The molecular weight excluding hydrogens is 257 g/mol. The van der Waals surface area contributed by atoms with Gasteiger partial charge in [-0.1, -0.05) is 24.6 Å². The zero-order valence-corrected chi connectivity index (χ0v) is 10.6. The van der Waals surface area contributed by atoms with Crippen molar-refractivity contribution in [2.24, 2.45) is 0 Å². The smallest absolute Gasteiger partial charge is 0.416 e. The van der Waals surface area contributed by atoms with Gasteiger partial charge in [0.2, 0.25) is 0 Å². The van der Waals surface area contributed by atoms with Gasteiger partial charge in [0.05, 0.1) is 17.6 Å². The molecule has 0 saturated heterocycles. The summed E-state index contributed by atoms with van der Waals surface area (Å²) in [7, 11) is 0. The van der Waals surface area contributed by atoms with Crippen LogP contribution in [0.5, 0.6) is 0 Å². The molecule has 19 heavy (non-hydrogen) atoms. The molecule has 0 atom stereocenters. The average Bonchev–Trinajstić information content (AvgIpc) is 2.27. The summed E-state index contributed by atoms with van der Waals surface area (Å²) < 4.78 is 43.1. The van der Waals surface area contributed by atoms with Crippen molar-refractivity contribution in [3.63, 3.8) is 0 Å². The number of hydrogen-bond acceptors (Lipinski definition) is 2. The van der Waals surface area contributed by atoms with Crippen LogP contribution in [0, 0.1) is 0 Å². The molecule has 0 heterocycles. The third kappa shape index (κ3) is 2.46. The Morgan fingerprint density at radius 2 is 2.05 bits per heavy atom. The minimum absolute atomic E-state index is 0.236. The Kier molecular flexibility index (Phi) is 3.56. The van der Waals surface area contributed by atoms with Gasteiger partial charge < -0.3 is 4.74 Å². The summed E-state index contributed by atoms with van der Waals surface area (Å²) in [6, 6.07) is 5.00. The van der Waals surface area contributed by atoms with Crippen molar-refractivity contribution in [1.29, 1.82) is 0 Å². The summed E-state index contributed by atoms with van der Waals surface area (Å²) >= 11 is 0. The highest BCUT2D eigenvalue weighted by Gasteiger charge is 2.47. The van der Waals surface area contributed by atoms with Crippen LogP contribution in [0.1, 0.15) is 37.3 Å². The lowest BCUT2D eigenvalue weighted by molar-refractivity contribution is -0.154. The molecule has 1 aliphatic carbocycles. The molecule has 1 aliphatic rings. The van der Waals surface area contributed by atoms with Crippen molar-refractivity contribution in [1.82, 2.24) is 0 Å². The Labute approximate surface area is 109 Å². The molecule has 0 amide bonds. The van der Waals surface area contributed by atoms with E-state index in [1.807, 2.05) is 0 Å². The van der Waals surface area contributed by atoms with Crippen LogP contribution in [0.4, 0.5) is 13.2 Å². The highest BCUT2D eigenvalue weighted by atomic mass is 19.4. The van der Waals surface area contributed by atoms with E-state index >= 15 is 0 Å². The quantitative estimate of drug-likeness (QED) is 0.784. The molecule has 0 unspecified atom stereocenters. The summed E-state index contributed by atoms with van der Waals surface area (Å²) in [6.45, 7) is 1.93. The molecule has 1 aromatic carbocycles. The van der Waals surface area contributed by atoms with Gasteiger partial charge in [0.1, 0.15) is 0 Å². The lowest BCUT2D eigenvalue weighted by Gasteiger charge is -2.39. The molecular formula is C14H15F3O2. The van der Waals surface area contributed by atoms with E-state index in [1.54, 1.807) is 13.0 Å². The highest BCUT2D eigenvalue weighted by molar-refractivity contribution is 5.84. The van der Waals surface area contributed by atoms with Gasteiger partial charge in [-0.3, -0.25) is 4.79 Å². The molecule has 104 valence electrons. The molecule has 2 nitrogen and oxygen atoms in total. The Hall–Kier alpha value is -1.52. The fraction of sp³-hybridized carbons (Fsp3) is 0.500. The van der Waals surface area contributed by atoms with E-state index in [0.29, 0.717) is 18.4 Å². The maximum absolute atomic E-state index is 12.7. The van der Waals surface area contributed by atoms with E-state index in [4.69, 9.17) is 4.74 Å². The van der Waals surface area contributed by atoms with E-state index in [0.717, 1.165) is 18.6 Å². The maximum Gasteiger partial charge on any atom is 0.416 e. The zero-order valence-electron chi connectivity index (χ0n) is 10.6. The molecule has 1 fully saturated rings. The normalized spacial score (nSPS) is 17.7. The molecule has 5 heteroatoms. The third-order valence-electron chi connectivity index (χ3n) is 3.62. The van der Waals surface area contributed by atoms with Crippen LogP contribution in [-0.2, 0) is 21.1 Å². The van der Waals surface area contributed by atoms with E-state index in [2.05, 4.69) is 0 Å². The molecule has 2 rings (SSSR count). The Morgan fingerprint density at radius 1 is 1.37 bits per heavy atom. The molecule has 0 radical (unpaired) electrons. The Balaban J connectivity index is 2.37. The number of carbonyl (C=O) groups is 1. The largest absolute Gasteiger partial charge is 0.465 e. The summed E-state index contributed by atoms with van der Waals surface area (Å²) in [5, 5.41) is 0. The van der Waals surface area contributed by atoms with Crippen LogP contribution < -0.4 is 0 Å². The fourth-order valence-corrected chi connectivity index (χ4v) is 2.40. The molecule has 0 spiro atoms. The van der Waals surface area contributed by atoms with E-state index in [1.165, 1.54) is 6.07 Å². The van der Waals surface area contributed by atoms with Gasteiger partial charge >= 0.3 is 12.1 Å². The van der Waals surface area contributed by atoms with Crippen LogP contribution >= 0.6 is 0 Å². The van der Waals surface area contributed by atoms with Crippen molar-refractivity contribution < 1.29 is 22.7 Å². The first-order chi connectivity index (χ1) is 8.90. The van der Waals surface area contributed by atoms with Crippen molar-refractivity contribution in [3.05, 3.63) is 35.4 Å². The van der Waals surface area contributed by atoms with E-state index in [-0.39, 0.29) is 6.61 Å². The monoisotopic (exact) mass is 272 g/mol. The van der Waals surface area contributed by atoms with Gasteiger partial charge in [0.25, 0.3) is 0 Å². The number of ether oxygens (including phenoxy) is 1. The lowest BCUT2D eigenvalue weighted by Crippen LogP contribution is -2.43. The minimum atomic E-state index is -4.39. The van der Waals surface area contributed by atoms with Crippen LogP contribution in [0.15, 0.2) is 24.3 Å². The molecule has 1 aromatic rings. The van der Waals surface area contributed by atoms with E-state index < -0.39 is 23.1 Å². The van der Waals surface area contributed by atoms with Gasteiger partial charge in [0.15, 0.2) is 0 Å². The fourth-order valence-electron chi connectivity index (χ4n) is 2.40. The summed E-state index contributed by atoms with van der Waals surface area (Å²) in [5.74, 6) is -0.416. The Bertz CT molecular complexity index is 476. The van der Waals surface area contributed by atoms with Gasteiger partial charge in [-0.2, -0.15) is 13.2 Å². The first-order valence-corrected chi connectivity index (χ1v) is 6.25. The number of carbonyl (C=O) groups excluding carboxylic acids is 1.